The lowest BCUT2D eigenvalue weighted by molar-refractivity contribution is -0.157. The number of amides is 1. The van der Waals surface area contributed by atoms with Crippen molar-refractivity contribution in [2.24, 2.45) is 0 Å². The van der Waals surface area contributed by atoms with Crippen molar-refractivity contribution in [2.45, 2.75) is 18.8 Å². The van der Waals surface area contributed by atoms with Gasteiger partial charge in [0.05, 0.1) is 0 Å². The molecular formula is C11H11F4NO2. The molecule has 18 heavy (non-hydrogen) atoms. The average Bonchev–Trinajstić information content (AvgIpc) is 2.33. The third-order valence-electron chi connectivity index (χ3n) is 2.05. The maximum Gasteiger partial charge on any atom is 0.411 e. The van der Waals surface area contributed by atoms with Crippen LogP contribution < -0.4 is 5.32 Å². The van der Waals surface area contributed by atoms with Crippen LogP contribution in [0.15, 0.2) is 30.3 Å². The first kappa shape index (κ1) is 14.3. The number of rotatable bonds is 4. The maximum absolute atomic E-state index is 12.1. The zero-order chi connectivity index (χ0) is 13.6. The summed E-state index contributed by atoms with van der Waals surface area (Å²) in [4.78, 5) is 11.0. The highest BCUT2D eigenvalue weighted by atomic mass is 19.4. The first-order valence-corrected chi connectivity index (χ1v) is 5.03. The van der Waals surface area contributed by atoms with Gasteiger partial charge in [0.15, 0.2) is 6.04 Å². The lowest BCUT2D eigenvalue weighted by Crippen LogP contribution is -2.47. The second-order valence-corrected chi connectivity index (χ2v) is 3.45. The van der Waals surface area contributed by atoms with Gasteiger partial charge in [-0.3, -0.25) is 0 Å². The van der Waals surface area contributed by atoms with Gasteiger partial charge in [0, 0.05) is 0 Å². The minimum Gasteiger partial charge on any atom is -0.445 e. The molecular weight excluding hydrogens is 254 g/mol. The van der Waals surface area contributed by atoms with Crippen LogP contribution in [-0.2, 0) is 11.3 Å². The molecule has 0 aliphatic rings. The Kier molecular flexibility index (Phi) is 4.94. The minimum atomic E-state index is -4.83. The van der Waals surface area contributed by atoms with Crippen molar-refractivity contribution in [3.8, 4) is 0 Å². The van der Waals surface area contributed by atoms with Crippen LogP contribution >= 0.6 is 0 Å². The fourth-order valence-electron chi connectivity index (χ4n) is 1.11. The number of ether oxygens (including phenoxy) is 1. The Hall–Kier alpha value is -1.79. The van der Waals surface area contributed by atoms with Crippen LogP contribution in [-0.4, -0.2) is 25.0 Å². The summed E-state index contributed by atoms with van der Waals surface area (Å²) in [6.07, 6.45) is -6.14. The minimum absolute atomic E-state index is 0.177. The quantitative estimate of drug-likeness (QED) is 0.850. The summed E-state index contributed by atoms with van der Waals surface area (Å²) >= 11 is 0. The monoisotopic (exact) mass is 265 g/mol. The van der Waals surface area contributed by atoms with E-state index in [0.717, 1.165) is 0 Å². The van der Waals surface area contributed by atoms with E-state index in [1.54, 1.807) is 30.3 Å². The van der Waals surface area contributed by atoms with Gasteiger partial charge in [-0.1, -0.05) is 30.3 Å². The van der Waals surface area contributed by atoms with Gasteiger partial charge in [0.1, 0.15) is 13.3 Å². The summed E-state index contributed by atoms with van der Waals surface area (Å²) < 4.78 is 53.0. The number of halogens is 4. The van der Waals surface area contributed by atoms with Crippen molar-refractivity contribution < 1.29 is 27.1 Å². The van der Waals surface area contributed by atoms with E-state index in [2.05, 4.69) is 4.74 Å². The number of alkyl halides is 4. The molecule has 0 spiro atoms. The summed E-state index contributed by atoms with van der Waals surface area (Å²) in [5, 5.41) is 1.42. The van der Waals surface area contributed by atoms with E-state index >= 15 is 0 Å². The Morgan fingerprint density at radius 3 is 2.39 bits per heavy atom. The summed E-state index contributed by atoms with van der Waals surface area (Å²) in [5.41, 5.74) is 0.622. The highest BCUT2D eigenvalue weighted by molar-refractivity contribution is 5.67. The van der Waals surface area contributed by atoms with E-state index in [9.17, 15) is 22.4 Å². The number of alkyl carbamates (subject to hydrolysis) is 1. The van der Waals surface area contributed by atoms with Crippen LogP contribution in [0.1, 0.15) is 5.56 Å². The lowest BCUT2D eigenvalue weighted by atomic mass is 10.2. The molecule has 0 unspecified atom stereocenters. The van der Waals surface area contributed by atoms with Gasteiger partial charge in [-0.25, -0.2) is 9.18 Å². The van der Waals surface area contributed by atoms with Gasteiger partial charge in [-0.15, -0.1) is 0 Å². The lowest BCUT2D eigenvalue weighted by Gasteiger charge is -2.18. The summed E-state index contributed by atoms with van der Waals surface area (Å²) in [5.74, 6) is 0. The highest BCUT2D eigenvalue weighted by Gasteiger charge is 2.41. The number of hydrogen-bond acceptors (Lipinski definition) is 2. The zero-order valence-electron chi connectivity index (χ0n) is 9.21. The molecule has 0 saturated heterocycles. The van der Waals surface area contributed by atoms with Gasteiger partial charge >= 0.3 is 12.3 Å². The van der Waals surface area contributed by atoms with Crippen molar-refractivity contribution in [2.75, 3.05) is 6.67 Å². The molecule has 0 radical (unpaired) electrons. The van der Waals surface area contributed by atoms with Crippen molar-refractivity contribution in [1.29, 1.82) is 0 Å². The van der Waals surface area contributed by atoms with Crippen LogP contribution in [0.5, 0.6) is 0 Å². The Morgan fingerprint density at radius 2 is 1.89 bits per heavy atom. The zero-order valence-corrected chi connectivity index (χ0v) is 9.21. The SMILES string of the molecule is O=C(N[C@H](CF)C(F)(F)F)OCc1ccccc1. The molecule has 0 heterocycles. The van der Waals surface area contributed by atoms with Crippen molar-refractivity contribution in [1.82, 2.24) is 5.32 Å². The van der Waals surface area contributed by atoms with E-state index < -0.39 is 25.0 Å². The number of carbonyl (C=O) groups is 1. The molecule has 1 N–H and O–H groups in total. The summed E-state index contributed by atoms with van der Waals surface area (Å²) in [7, 11) is 0. The number of benzene rings is 1. The predicted molar refractivity (Wildman–Crippen MR) is 55.6 cm³/mol. The Bertz CT molecular complexity index is 380. The van der Waals surface area contributed by atoms with Gasteiger partial charge in [-0.05, 0) is 5.56 Å². The van der Waals surface area contributed by atoms with Gasteiger partial charge in [-0.2, -0.15) is 13.2 Å². The van der Waals surface area contributed by atoms with E-state index in [1.165, 1.54) is 5.32 Å². The predicted octanol–water partition coefficient (Wildman–Crippen LogP) is 2.81. The van der Waals surface area contributed by atoms with Crippen LogP contribution in [0.4, 0.5) is 22.4 Å². The Morgan fingerprint density at radius 1 is 1.28 bits per heavy atom. The first-order valence-electron chi connectivity index (χ1n) is 5.03. The highest BCUT2D eigenvalue weighted by Crippen LogP contribution is 2.20. The van der Waals surface area contributed by atoms with Crippen LogP contribution in [0, 0.1) is 0 Å². The first-order chi connectivity index (χ1) is 8.43. The largest absolute Gasteiger partial charge is 0.445 e. The summed E-state index contributed by atoms with van der Waals surface area (Å²) in [6, 6.07) is 5.87. The topological polar surface area (TPSA) is 38.3 Å². The van der Waals surface area contributed by atoms with Gasteiger partial charge < -0.3 is 10.1 Å². The molecule has 7 heteroatoms. The molecule has 1 amide bonds. The van der Waals surface area contributed by atoms with E-state index in [4.69, 9.17) is 0 Å². The standard InChI is InChI=1S/C11H11F4NO2/c12-6-9(11(13,14)15)16-10(17)18-7-8-4-2-1-3-5-8/h1-5,9H,6-7H2,(H,16,17)/t9-/m1/s1. The van der Waals surface area contributed by atoms with E-state index in [0.29, 0.717) is 5.56 Å². The third kappa shape index (κ3) is 4.60. The molecule has 0 aliphatic carbocycles. The van der Waals surface area contributed by atoms with Crippen molar-refractivity contribution >= 4 is 6.09 Å². The molecule has 0 fully saturated rings. The van der Waals surface area contributed by atoms with Gasteiger partial charge in [0.25, 0.3) is 0 Å². The molecule has 1 aromatic rings. The fourth-order valence-corrected chi connectivity index (χ4v) is 1.11. The molecule has 0 bridgehead atoms. The van der Waals surface area contributed by atoms with Gasteiger partial charge in [0.2, 0.25) is 0 Å². The average molecular weight is 265 g/mol. The molecule has 3 nitrogen and oxygen atoms in total. The second kappa shape index (κ2) is 6.23. The number of nitrogens with one attached hydrogen (secondary N) is 1. The van der Waals surface area contributed by atoms with Crippen molar-refractivity contribution in [3.63, 3.8) is 0 Å². The Labute approximate surface area is 101 Å². The smallest absolute Gasteiger partial charge is 0.411 e. The molecule has 100 valence electrons. The molecule has 1 atom stereocenters. The second-order valence-electron chi connectivity index (χ2n) is 3.45. The van der Waals surface area contributed by atoms with Crippen LogP contribution in [0.3, 0.4) is 0 Å². The van der Waals surface area contributed by atoms with E-state index in [-0.39, 0.29) is 6.61 Å². The Balaban J connectivity index is 2.42. The number of hydrogen-bond donors (Lipinski definition) is 1. The molecule has 0 aromatic heterocycles. The number of carbonyl (C=O) groups excluding carboxylic acids is 1. The molecule has 1 rings (SSSR count). The normalized spacial score (nSPS) is 12.9. The van der Waals surface area contributed by atoms with Crippen LogP contribution in [0.25, 0.3) is 0 Å². The molecule has 0 aliphatic heterocycles. The maximum atomic E-state index is 12.1. The summed E-state index contributed by atoms with van der Waals surface area (Å²) in [6.45, 7) is -1.91. The third-order valence-corrected chi connectivity index (χ3v) is 2.05. The molecule has 0 saturated carbocycles. The fraction of sp³-hybridized carbons (Fsp3) is 0.364. The van der Waals surface area contributed by atoms with Crippen LogP contribution in [0.2, 0.25) is 0 Å². The van der Waals surface area contributed by atoms with E-state index in [1.807, 2.05) is 0 Å². The van der Waals surface area contributed by atoms with Crippen molar-refractivity contribution in [3.05, 3.63) is 35.9 Å². The molecule has 1 aromatic carbocycles.